The van der Waals surface area contributed by atoms with Crippen molar-refractivity contribution < 1.29 is 9.90 Å². The van der Waals surface area contributed by atoms with Crippen LogP contribution in [0.1, 0.15) is 36.2 Å². The van der Waals surface area contributed by atoms with Gasteiger partial charge in [-0.3, -0.25) is 9.69 Å². The van der Waals surface area contributed by atoms with Crippen LogP contribution in [0, 0.1) is 0 Å². The summed E-state index contributed by atoms with van der Waals surface area (Å²) in [5, 5.41) is 12.3. The van der Waals surface area contributed by atoms with Crippen LogP contribution >= 0.6 is 0 Å². The molecule has 1 saturated heterocycles. The zero-order valence-corrected chi connectivity index (χ0v) is 14.3. The van der Waals surface area contributed by atoms with E-state index in [2.05, 4.69) is 15.2 Å². The minimum absolute atomic E-state index is 0.0382. The van der Waals surface area contributed by atoms with Gasteiger partial charge in [-0.1, -0.05) is 18.2 Å². The first-order valence-corrected chi connectivity index (χ1v) is 9.01. The van der Waals surface area contributed by atoms with Gasteiger partial charge < -0.3 is 15.4 Å². The van der Waals surface area contributed by atoms with Crippen molar-refractivity contribution in [2.75, 3.05) is 13.1 Å². The van der Waals surface area contributed by atoms with Gasteiger partial charge in [0.2, 0.25) is 5.91 Å². The number of aliphatic hydroxyl groups is 1. The minimum Gasteiger partial charge on any atom is -0.392 e. The fraction of sp³-hybridized carbons (Fsp3) is 0.474. The fourth-order valence-electron chi connectivity index (χ4n) is 3.85. The molecule has 0 saturated carbocycles. The van der Waals surface area contributed by atoms with Gasteiger partial charge in [0.25, 0.3) is 0 Å². The molecule has 1 atom stereocenters. The Hall–Kier alpha value is -2.18. The van der Waals surface area contributed by atoms with Crippen LogP contribution in [-0.2, 0) is 24.4 Å². The number of carbonyl (C=O) groups is 1. The van der Waals surface area contributed by atoms with Crippen molar-refractivity contribution in [3.05, 3.63) is 41.2 Å². The molecule has 0 spiro atoms. The number of aromatic amines is 1. The Labute approximate surface area is 147 Å². The second kappa shape index (κ2) is 6.98. The second-order valence-corrected chi connectivity index (χ2v) is 6.92. The standard InChI is InChI=1S/C19H24N4O2/c24-12-13-2-1-3-14(10-13)19-21-16-7-9-23(11-17(16)22-19)15-4-5-18(25)20-8-6-15/h1-3,10,15,24H,4-9,11-12H2,(H,20,25)(H,21,22). The lowest BCUT2D eigenvalue weighted by Crippen LogP contribution is -2.39. The van der Waals surface area contributed by atoms with E-state index in [0.717, 1.165) is 61.5 Å². The summed E-state index contributed by atoms with van der Waals surface area (Å²) in [6.07, 6.45) is 3.50. The van der Waals surface area contributed by atoms with Crippen LogP contribution in [0.4, 0.5) is 0 Å². The Morgan fingerprint density at radius 2 is 2.20 bits per heavy atom. The summed E-state index contributed by atoms with van der Waals surface area (Å²) >= 11 is 0. The molecule has 25 heavy (non-hydrogen) atoms. The highest BCUT2D eigenvalue weighted by Crippen LogP contribution is 2.26. The first-order chi connectivity index (χ1) is 12.2. The van der Waals surface area contributed by atoms with Crippen molar-refractivity contribution in [1.29, 1.82) is 0 Å². The average Bonchev–Trinajstić information content (AvgIpc) is 2.96. The van der Waals surface area contributed by atoms with E-state index in [4.69, 9.17) is 4.98 Å². The third kappa shape index (κ3) is 3.45. The number of nitrogens with zero attached hydrogens (tertiary/aromatic N) is 2. The van der Waals surface area contributed by atoms with Gasteiger partial charge in [0.05, 0.1) is 18.0 Å². The molecule has 1 aromatic heterocycles. The number of benzene rings is 1. The Balaban J connectivity index is 1.51. The van der Waals surface area contributed by atoms with Crippen molar-refractivity contribution in [3.63, 3.8) is 0 Å². The molecule has 1 amide bonds. The normalized spacial score (nSPS) is 21.5. The molecule has 2 aromatic rings. The van der Waals surface area contributed by atoms with E-state index in [-0.39, 0.29) is 12.5 Å². The first-order valence-electron chi connectivity index (χ1n) is 9.01. The maximum absolute atomic E-state index is 11.6. The average molecular weight is 340 g/mol. The number of aliphatic hydroxyl groups excluding tert-OH is 1. The number of H-pyrrole nitrogens is 1. The van der Waals surface area contributed by atoms with Gasteiger partial charge in [0.15, 0.2) is 0 Å². The van der Waals surface area contributed by atoms with Gasteiger partial charge in [0.1, 0.15) is 5.82 Å². The summed E-state index contributed by atoms with van der Waals surface area (Å²) in [6, 6.07) is 8.31. The minimum atomic E-state index is 0.0382. The Bertz CT molecular complexity index is 771. The van der Waals surface area contributed by atoms with Crippen molar-refractivity contribution in [2.45, 2.75) is 44.9 Å². The molecule has 2 aliphatic heterocycles. The smallest absolute Gasteiger partial charge is 0.220 e. The molecule has 1 aromatic carbocycles. The van der Waals surface area contributed by atoms with Crippen LogP contribution in [-0.4, -0.2) is 45.0 Å². The van der Waals surface area contributed by atoms with Gasteiger partial charge in [-0.05, 0) is 24.5 Å². The maximum Gasteiger partial charge on any atom is 0.220 e. The topological polar surface area (TPSA) is 81.2 Å². The maximum atomic E-state index is 11.6. The highest BCUT2D eigenvalue weighted by molar-refractivity contribution is 5.76. The molecule has 2 aliphatic rings. The van der Waals surface area contributed by atoms with Crippen LogP contribution < -0.4 is 5.32 Å². The molecule has 1 unspecified atom stereocenters. The highest BCUT2D eigenvalue weighted by atomic mass is 16.3. The van der Waals surface area contributed by atoms with E-state index in [1.807, 2.05) is 24.3 Å². The van der Waals surface area contributed by atoms with Crippen LogP contribution in [0.3, 0.4) is 0 Å². The Morgan fingerprint density at radius 1 is 1.28 bits per heavy atom. The van der Waals surface area contributed by atoms with Gasteiger partial charge in [-0.15, -0.1) is 0 Å². The Kier molecular flexibility index (Phi) is 4.55. The first kappa shape index (κ1) is 16.3. The summed E-state index contributed by atoms with van der Waals surface area (Å²) in [7, 11) is 0. The van der Waals surface area contributed by atoms with Crippen LogP contribution in [0.5, 0.6) is 0 Å². The molecule has 3 heterocycles. The van der Waals surface area contributed by atoms with Crippen LogP contribution in [0.2, 0.25) is 0 Å². The number of carbonyl (C=O) groups excluding carboxylic acids is 1. The van der Waals surface area contributed by atoms with Crippen molar-refractivity contribution in [3.8, 4) is 11.4 Å². The Morgan fingerprint density at radius 3 is 3.08 bits per heavy atom. The third-order valence-electron chi connectivity index (χ3n) is 5.27. The molecule has 3 N–H and O–H groups in total. The van der Waals surface area contributed by atoms with Crippen LogP contribution in [0.15, 0.2) is 24.3 Å². The lowest BCUT2D eigenvalue weighted by molar-refractivity contribution is -0.120. The van der Waals surface area contributed by atoms with Crippen LogP contribution in [0.25, 0.3) is 11.4 Å². The molecule has 4 rings (SSSR count). The second-order valence-electron chi connectivity index (χ2n) is 6.92. The summed E-state index contributed by atoms with van der Waals surface area (Å²) in [6.45, 7) is 2.67. The highest BCUT2D eigenvalue weighted by Gasteiger charge is 2.27. The summed E-state index contributed by atoms with van der Waals surface area (Å²) in [5.41, 5.74) is 4.23. The monoisotopic (exact) mass is 340 g/mol. The van der Waals surface area contributed by atoms with Gasteiger partial charge in [0, 0.05) is 44.1 Å². The molecule has 0 radical (unpaired) electrons. The number of rotatable bonds is 3. The molecule has 132 valence electrons. The zero-order chi connectivity index (χ0) is 17.2. The largest absolute Gasteiger partial charge is 0.392 e. The van der Waals surface area contributed by atoms with E-state index in [1.165, 1.54) is 5.69 Å². The van der Waals surface area contributed by atoms with Crippen molar-refractivity contribution in [2.24, 2.45) is 0 Å². The molecule has 1 fully saturated rings. The van der Waals surface area contributed by atoms with E-state index in [9.17, 15) is 9.90 Å². The quantitative estimate of drug-likeness (QED) is 0.793. The number of nitrogens with one attached hydrogen (secondary N) is 2. The summed E-state index contributed by atoms with van der Waals surface area (Å²) < 4.78 is 0. The molecule has 6 nitrogen and oxygen atoms in total. The molecule has 0 bridgehead atoms. The number of hydrogen-bond acceptors (Lipinski definition) is 4. The predicted octanol–water partition coefficient (Wildman–Crippen LogP) is 1.60. The van der Waals surface area contributed by atoms with E-state index < -0.39 is 0 Å². The molecular formula is C19H24N4O2. The molecule has 6 heteroatoms. The summed E-state index contributed by atoms with van der Waals surface area (Å²) in [5.74, 6) is 1.05. The van der Waals surface area contributed by atoms with Crippen molar-refractivity contribution >= 4 is 5.91 Å². The number of hydrogen-bond donors (Lipinski definition) is 3. The van der Waals surface area contributed by atoms with E-state index in [0.29, 0.717) is 12.5 Å². The number of aromatic nitrogens is 2. The molecule has 0 aliphatic carbocycles. The number of fused-ring (bicyclic) bond motifs is 1. The number of amides is 1. The predicted molar refractivity (Wildman–Crippen MR) is 94.7 cm³/mol. The summed E-state index contributed by atoms with van der Waals surface area (Å²) in [4.78, 5) is 22.3. The zero-order valence-electron chi connectivity index (χ0n) is 14.3. The fourth-order valence-corrected chi connectivity index (χ4v) is 3.85. The van der Waals surface area contributed by atoms with Crippen molar-refractivity contribution in [1.82, 2.24) is 20.2 Å². The number of imidazole rings is 1. The SMILES string of the molecule is O=C1CCC(N2CCc3nc(-c4cccc(CO)c4)[nH]c3C2)CCN1. The van der Waals surface area contributed by atoms with Gasteiger partial charge in [-0.2, -0.15) is 0 Å². The van der Waals surface area contributed by atoms with E-state index >= 15 is 0 Å². The lowest BCUT2D eigenvalue weighted by Gasteiger charge is -2.33. The van der Waals surface area contributed by atoms with Gasteiger partial charge in [-0.25, -0.2) is 4.98 Å². The van der Waals surface area contributed by atoms with E-state index in [1.54, 1.807) is 0 Å². The van der Waals surface area contributed by atoms with Gasteiger partial charge >= 0.3 is 0 Å². The lowest BCUT2D eigenvalue weighted by atomic mass is 10.0. The third-order valence-corrected chi connectivity index (χ3v) is 5.27. The molecular weight excluding hydrogens is 316 g/mol.